The number of hydrogen-bond donors (Lipinski definition) is 1. The van der Waals surface area contributed by atoms with E-state index in [-0.39, 0.29) is 6.04 Å². The quantitative estimate of drug-likeness (QED) is 0.843. The molecule has 0 aliphatic heterocycles. The van der Waals surface area contributed by atoms with Gasteiger partial charge in [-0.1, -0.05) is 45.7 Å². The first-order valence-corrected chi connectivity index (χ1v) is 8.30. The van der Waals surface area contributed by atoms with Gasteiger partial charge in [-0.15, -0.1) is 0 Å². The standard InChI is InChI=1S/C16H21BrClN3/c1-5-21-14(16(18)11(3)20-21)9-13(19-4)12-8-6-7-10(2)15(12)17/h6-8,13,19H,5,9H2,1-4H3. The van der Waals surface area contributed by atoms with Crippen molar-refractivity contribution < 1.29 is 0 Å². The van der Waals surface area contributed by atoms with Crippen LogP contribution in [0.15, 0.2) is 22.7 Å². The van der Waals surface area contributed by atoms with Gasteiger partial charge < -0.3 is 5.32 Å². The van der Waals surface area contributed by atoms with Gasteiger partial charge in [-0.2, -0.15) is 5.10 Å². The summed E-state index contributed by atoms with van der Waals surface area (Å²) in [6.07, 6.45) is 0.812. The summed E-state index contributed by atoms with van der Waals surface area (Å²) in [5.41, 5.74) is 4.46. The highest BCUT2D eigenvalue weighted by Gasteiger charge is 2.20. The maximum absolute atomic E-state index is 6.43. The maximum atomic E-state index is 6.43. The van der Waals surface area contributed by atoms with Crippen molar-refractivity contribution >= 4 is 27.5 Å². The molecule has 0 aliphatic rings. The van der Waals surface area contributed by atoms with E-state index in [9.17, 15) is 0 Å². The van der Waals surface area contributed by atoms with Gasteiger partial charge >= 0.3 is 0 Å². The number of hydrogen-bond acceptors (Lipinski definition) is 2. The summed E-state index contributed by atoms with van der Waals surface area (Å²) >= 11 is 10.1. The lowest BCUT2D eigenvalue weighted by Crippen LogP contribution is -2.21. The SMILES string of the molecule is CCn1nc(C)c(Cl)c1CC(NC)c1cccc(C)c1Br. The summed E-state index contributed by atoms with van der Waals surface area (Å²) in [7, 11) is 1.98. The Hall–Kier alpha value is -0.840. The van der Waals surface area contributed by atoms with Crippen LogP contribution in [0.5, 0.6) is 0 Å². The van der Waals surface area contributed by atoms with E-state index in [1.165, 1.54) is 11.1 Å². The second kappa shape index (κ2) is 6.95. The molecule has 0 aliphatic carbocycles. The van der Waals surface area contributed by atoms with Crippen LogP contribution in [0.25, 0.3) is 0 Å². The molecule has 21 heavy (non-hydrogen) atoms. The van der Waals surface area contributed by atoms with Crippen LogP contribution in [0, 0.1) is 13.8 Å². The molecule has 1 aromatic heterocycles. The first kappa shape index (κ1) is 16.5. The molecule has 1 N–H and O–H groups in total. The fourth-order valence-corrected chi connectivity index (χ4v) is 3.32. The van der Waals surface area contributed by atoms with E-state index in [1.807, 2.05) is 18.7 Å². The van der Waals surface area contributed by atoms with Gasteiger partial charge in [0.05, 0.1) is 16.4 Å². The Bertz CT molecular complexity index is 637. The Kier molecular flexibility index (Phi) is 5.47. The Morgan fingerprint density at radius 2 is 2.10 bits per heavy atom. The average molecular weight is 371 g/mol. The maximum Gasteiger partial charge on any atom is 0.0847 e. The molecule has 3 nitrogen and oxygen atoms in total. The predicted octanol–water partition coefficient (Wildman–Crippen LogP) is 4.44. The number of nitrogens with zero attached hydrogens (tertiary/aromatic N) is 2. The van der Waals surface area contributed by atoms with Crippen molar-refractivity contribution in [3.63, 3.8) is 0 Å². The first-order chi connectivity index (χ1) is 9.99. The van der Waals surface area contributed by atoms with Crippen molar-refractivity contribution in [1.82, 2.24) is 15.1 Å². The molecule has 1 heterocycles. The minimum atomic E-state index is 0.193. The van der Waals surface area contributed by atoms with Crippen molar-refractivity contribution in [3.8, 4) is 0 Å². The zero-order valence-electron chi connectivity index (χ0n) is 12.9. The highest BCUT2D eigenvalue weighted by Crippen LogP contribution is 2.31. The Labute approximate surface area is 139 Å². The highest BCUT2D eigenvalue weighted by atomic mass is 79.9. The van der Waals surface area contributed by atoms with E-state index in [1.54, 1.807) is 0 Å². The topological polar surface area (TPSA) is 29.9 Å². The molecule has 0 spiro atoms. The molecular weight excluding hydrogens is 350 g/mol. The number of rotatable bonds is 5. The van der Waals surface area contributed by atoms with E-state index < -0.39 is 0 Å². The van der Waals surface area contributed by atoms with Crippen LogP contribution < -0.4 is 5.32 Å². The van der Waals surface area contributed by atoms with E-state index in [4.69, 9.17) is 11.6 Å². The van der Waals surface area contributed by atoms with Gasteiger partial charge in [0.1, 0.15) is 0 Å². The van der Waals surface area contributed by atoms with Crippen LogP contribution in [0.4, 0.5) is 0 Å². The predicted molar refractivity (Wildman–Crippen MR) is 92.0 cm³/mol. The number of halogens is 2. The van der Waals surface area contributed by atoms with Crippen LogP contribution in [-0.2, 0) is 13.0 Å². The number of nitrogens with one attached hydrogen (secondary N) is 1. The van der Waals surface area contributed by atoms with Gasteiger partial charge in [-0.3, -0.25) is 4.68 Å². The van der Waals surface area contributed by atoms with E-state index in [0.717, 1.165) is 33.8 Å². The van der Waals surface area contributed by atoms with Crippen molar-refractivity contribution in [1.29, 1.82) is 0 Å². The lowest BCUT2D eigenvalue weighted by Gasteiger charge is -2.20. The molecule has 0 amide bonds. The summed E-state index contributed by atoms with van der Waals surface area (Å²) < 4.78 is 3.14. The minimum absolute atomic E-state index is 0.193. The molecule has 2 aromatic rings. The van der Waals surface area contributed by atoms with Crippen LogP contribution in [0.3, 0.4) is 0 Å². The molecule has 1 aromatic carbocycles. The molecule has 1 atom stereocenters. The second-order valence-corrected chi connectivity index (χ2v) is 6.36. The van der Waals surface area contributed by atoms with E-state index >= 15 is 0 Å². The summed E-state index contributed by atoms with van der Waals surface area (Å²) in [5, 5.41) is 8.67. The van der Waals surface area contributed by atoms with E-state index in [2.05, 4.69) is 58.4 Å². The molecule has 0 saturated heterocycles. The molecule has 2 rings (SSSR count). The molecule has 1 unspecified atom stereocenters. The van der Waals surface area contributed by atoms with Gasteiger partial charge in [0.2, 0.25) is 0 Å². The summed E-state index contributed by atoms with van der Waals surface area (Å²) in [6.45, 7) is 6.97. The fraction of sp³-hybridized carbons (Fsp3) is 0.438. The summed E-state index contributed by atoms with van der Waals surface area (Å²) in [6, 6.07) is 6.53. The van der Waals surface area contributed by atoms with Crippen LogP contribution in [0.2, 0.25) is 5.02 Å². The monoisotopic (exact) mass is 369 g/mol. The molecule has 0 saturated carbocycles. The van der Waals surface area contributed by atoms with Gasteiger partial charge in [0.15, 0.2) is 0 Å². The third-order valence-electron chi connectivity index (χ3n) is 3.80. The molecule has 5 heteroatoms. The van der Waals surface area contributed by atoms with Gasteiger partial charge in [-0.05, 0) is 38.9 Å². The summed E-state index contributed by atoms with van der Waals surface area (Å²) in [4.78, 5) is 0. The number of aromatic nitrogens is 2. The zero-order valence-corrected chi connectivity index (χ0v) is 15.2. The average Bonchev–Trinajstić information content (AvgIpc) is 2.75. The highest BCUT2D eigenvalue weighted by molar-refractivity contribution is 9.10. The fourth-order valence-electron chi connectivity index (χ4n) is 2.56. The zero-order chi connectivity index (χ0) is 15.6. The summed E-state index contributed by atoms with van der Waals surface area (Å²) in [5.74, 6) is 0. The third kappa shape index (κ3) is 3.33. The van der Waals surface area contributed by atoms with Gasteiger partial charge in [0.25, 0.3) is 0 Å². The largest absolute Gasteiger partial charge is 0.313 e. The lowest BCUT2D eigenvalue weighted by atomic mass is 10.00. The normalized spacial score (nSPS) is 12.7. The molecular formula is C16H21BrClN3. The molecule has 0 radical (unpaired) electrons. The smallest absolute Gasteiger partial charge is 0.0847 e. The van der Waals surface area contributed by atoms with Crippen LogP contribution in [0.1, 0.15) is 35.5 Å². The molecule has 0 bridgehead atoms. The Balaban J connectivity index is 2.38. The van der Waals surface area contributed by atoms with E-state index in [0.29, 0.717) is 0 Å². The van der Waals surface area contributed by atoms with Crippen LogP contribution >= 0.6 is 27.5 Å². The Morgan fingerprint density at radius 1 is 1.38 bits per heavy atom. The first-order valence-electron chi connectivity index (χ1n) is 7.13. The minimum Gasteiger partial charge on any atom is -0.313 e. The molecule has 114 valence electrons. The van der Waals surface area contributed by atoms with Crippen molar-refractivity contribution in [2.75, 3.05) is 7.05 Å². The molecule has 0 fully saturated rings. The van der Waals surface area contributed by atoms with Gasteiger partial charge in [-0.25, -0.2) is 0 Å². The lowest BCUT2D eigenvalue weighted by molar-refractivity contribution is 0.539. The van der Waals surface area contributed by atoms with Crippen molar-refractivity contribution in [2.24, 2.45) is 0 Å². The Morgan fingerprint density at radius 3 is 2.71 bits per heavy atom. The number of aryl methyl sites for hydroxylation is 3. The van der Waals surface area contributed by atoms with Crippen LogP contribution in [-0.4, -0.2) is 16.8 Å². The van der Waals surface area contributed by atoms with Crippen molar-refractivity contribution in [2.45, 2.75) is 39.8 Å². The number of benzene rings is 1. The number of likely N-dealkylation sites (N-methyl/N-ethyl adjacent to an activating group) is 1. The van der Waals surface area contributed by atoms with Gasteiger partial charge in [0, 0.05) is 23.5 Å². The third-order valence-corrected chi connectivity index (χ3v) is 5.37. The second-order valence-electron chi connectivity index (χ2n) is 5.19. The van der Waals surface area contributed by atoms with Crippen molar-refractivity contribution in [3.05, 3.63) is 50.2 Å².